The molecule has 0 aromatic heterocycles. The quantitative estimate of drug-likeness (QED) is 0.632. The fourth-order valence-electron chi connectivity index (χ4n) is 1.59. The number of hydrogen-bond acceptors (Lipinski definition) is 2. The topological polar surface area (TPSA) is 21.3 Å². The van der Waals surface area contributed by atoms with Crippen molar-refractivity contribution in [1.82, 2.24) is 5.32 Å². The molecule has 0 aliphatic rings. The number of nitrogens with one attached hydrogen (secondary N) is 1. The second kappa shape index (κ2) is 6.94. The highest BCUT2D eigenvalue weighted by Gasteiger charge is 2.22. The first-order chi connectivity index (χ1) is 6.17. The molecule has 0 saturated heterocycles. The maximum atomic E-state index is 5.42. The molecule has 0 radical (unpaired) electrons. The molecule has 0 heterocycles. The normalized spacial score (nSPS) is 15.4. The summed E-state index contributed by atoms with van der Waals surface area (Å²) in [6.45, 7) is 7.31. The van der Waals surface area contributed by atoms with Crippen molar-refractivity contribution < 1.29 is 4.74 Å². The number of methoxy groups -OCH3 is 1. The van der Waals surface area contributed by atoms with Crippen molar-refractivity contribution in [2.75, 3.05) is 13.7 Å². The van der Waals surface area contributed by atoms with Crippen molar-refractivity contribution in [2.24, 2.45) is 5.92 Å². The number of ether oxygens (including phenoxy) is 1. The predicted octanol–water partition coefficient (Wildman–Crippen LogP) is 1.66. The molecule has 2 unspecified atom stereocenters. The van der Waals surface area contributed by atoms with Gasteiger partial charge in [0.25, 0.3) is 0 Å². The highest BCUT2D eigenvalue weighted by Crippen LogP contribution is 2.12. The smallest absolute Gasteiger partial charge is 0.0756 e. The lowest BCUT2D eigenvalue weighted by Gasteiger charge is -2.28. The molecule has 0 spiro atoms. The molecule has 2 nitrogen and oxygen atoms in total. The third-order valence-electron chi connectivity index (χ3n) is 2.13. The highest BCUT2D eigenvalue weighted by atomic mass is 16.5. The van der Waals surface area contributed by atoms with Crippen LogP contribution >= 0.6 is 0 Å². The second-order valence-corrected chi connectivity index (χ2v) is 3.52. The standard InChI is InChI=1S/C11H21NO/c1-6-8-10(12-7-2)11(13-5)9(3)4/h1,9-12H,7-8H2,2-5H3. The first kappa shape index (κ1) is 12.5. The third-order valence-corrected chi connectivity index (χ3v) is 2.13. The van der Waals surface area contributed by atoms with Gasteiger partial charge < -0.3 is 10.1 Å². The molecule has 2 heteroatoms. The van der Waals surface area contributed by atoms with Crippen LogP contribution in [0.3, 0.4) is 0 Å². The van der Waals surface area contributed by atoms with Crippen LogP contribution in [0, 0.1) is 18.3 Å². The summed E-state index contributed by atoms with van der Waals surface area (Å²) in [7, 11) is 1.74. The van der Waals surface area contributed by atoms with Crippen molar-refractivity contribution in [3.63, 3.8) is 0 Å². The lowest BCUT2D eigenvalue weighted by molar-refractivity contribution is 0.0350. The van der Waals surface area contributed by atoms with Gasteiger partial charge >= 0.3 is 0 Å². The highest BCUT2D eigenvalue weighted by molar-refractivity contribution is 4.93. The predicted molar refractivity (Wildman–Crippen MR) is 56.5 cm³/mol. The Morgan fingerprint density at radius 2 is 2.08 bits per heavy atom. The first-order valence-corrected chi connectivity index (χ1v) is 4.87. The lowest BCUT2D eigenvalue weighted by Crippen LogP contribution is -2.43. The Morgan fingerprint density at radius 3 is 2.38 bits per heavy atom. The van der Waals surface area contributed by atoms with Crippen LogP contribution in [0.25, 0.3) is 0 Å². The number of likely N-dealkylation sites (N-methyl/N-ethyl adjacent to an activating group) is 1. The van der Waals surface area contributed by atoms with Gasteiger partial charge in [0.1, 0.15) is 0 Å². The van der Waals surface area contributed by atoms with Gasteiger partial charge in [0, 0.05) is 19.6 Å². The fourth-order valence-corrected chi connectivity index (χ4v) is 1.59. The molecule has 2 atom stereocenters. The van der Waals surface area contributed by atoms with Crippen LogP contribution < -0.4 is 5.32 Å². The molecule has 13 heavy (non-hydrogen) atoms. The zero-order chi connectivity index (χ0) is 10.3. The van der Waals surface area contributed by atoms with Gasteiger partial charge in [-0.05, 0) is 12.5 Å². The average molecular weight is 183 g/mol. The minimum Gasteiger partial charge on any atom is -0.380 e. The van der Waals surface area contributed by atoms with Gasteiger partial charge in [0.2, 0.25) is 0 Å². The number of rotatable bonds is 6. The van der Waals surface area contributed by atoms with Gasteiger partial charge in [-0.1, -0.05) is 20.8 Å². The summed E-state index contributed by atoms with van der Waals surface area (Å²) < 4.78 is 5.42. The zero-order valence-electron chi connectivity index (χ0n) is 9.13. The van der Waals surface area contributed by atoms with Crippen LogP contribution in [0.1, 0.15) is 27.2 Å². The summed E-state index contributed by atoms with van der Waals surface area (Å²) in [5, 5.41) is 3.35. The molecular formula is C11H21NO. The van der Waals surface area contributed by atoms with Gasteiger partial charge in [-0.15, -0.1) is 12.3 Å². The lowest BCUT2D eigenvalue weighted by atomic mass is 9.97. The van der Waals surface area contributed by atoms with Crippen molar-refractivity contribution >= 4 is 0 Å². The van der Waals surface area contributed by atoms with E-state index >= 15 is 0 Å². The van der Waals surface area contributed by atoms with Gasteiger partial charge in [-0.3, -0.25) is 0 Å². The second-order valence-electron chi connectivity index (χ2n) is 3.52. The van der Waals surface area contributed by atoms with E-state index in [2.05, 4.69) is 32.0 Å². The van der Waals surface area contributed by atoms with Crippen molar-refractivity contribution in [3.05, 3.63) is 0 Å². The van der Waals surface area contributed by atoms with Crippen LogP contribution in [0.2, 0.25) is 0 Å². The minimum atomic E-state index is 0.205. The molecule has 0 saturated carbocycles. The van der Waals surface area contributed by atoms with Crippen molar-refractivity contribution in [1.29, 1.82) is 0 Å². The largest absolute Gasteiger partial charge is 0.380 e. The molecule has 0 aromatic rings. The van der Waals surface area contributed by atoms with E-state index in [1.54, 1.807) is 7.11 Å². The van der Waals surface area contributed by atoms with Crippen LogP contribution in [0.4, 0.5) is 0 Å². The zero-order valence-corrected chi connectivity index (χ0v) is 9.13. The Bertz CT molecular complexity index is 160. The summed E-state index contributed by atoms with van der Waals surface area (Å²) >= 11 is 0. The molecule has 0 rings (SSSR count). The maximum absolute atomic E-state index is 5.42. The summed E-state index contributed by atoms with van der Waals surface area (Å²) in [6.07, 6.45) is 6.24. The molecule has 1 N–H and O–H groups in total. The van der Waals surface area contributed by atoms with Crippen LogP contribution in [-0.2, 0) is 4.74 Å². The van der Waals surface area contributed by atoms with E-state index < -0.39 is 0 Å². The van der Waals surface area contributed by atoms with Gasteiger partial charge in [0.05, 0.1) is 6.10 Å². The molecule has 0 fully saturated rings. The molecule has 0 aliphatic heterocycles. The van der Waals surface area contributed by atoms with Crippen molar-refractivity contribution in [3.8, 4) is 12.3 Å². The third kappa shape index (κ3) is 4.31. The molecule has 0 aliphatic carbocycles. The van der Waals surface area contributed by atoms with E-state index in [-0.39, 0.29) is 12.1 Å². The van der Waals surface area contributed by atoms with Crippen molar-refractivity contribution in [2.45, 2.75) is 39.3 Å². The van der Waals surface area contributed by atoms with Crippen LogP contribution in [0.5, 0.6) is 0 Å². The SMILES string of the molecule is C#CCC(NCC)C(OC)C(C)C. The molecule has 0 aromatic carbocycles. The van der Waals surface area contributed by atoms with E-state index in [1.165, 1.54) is 0 Å². The van der Waals surface area contributed by atoms with E-state index in [9.17, 15) is 0 Å². The summed E-state index contributed by atoms with van der Waals surface area (Å²) in [5.41, 5.74) is 0. The van der Waals surface area contributed by atoms with E-state index in [0.29, 0.717) is 5.92 Å². The summed E-state index contributed by atoms with van der Waals surface area (Å²) in [5.74, 6) is 3.17. The Kier molecular flexibility index (Phi) is 6.66. The molecular weight excluding hydrogens is 162 g/mol. The van der Waals surface area contributed by atoms with Crippen LogP contribution in [-0.4, -0.2) is 25.8 Å². The van der Waals surface area contributed by atoms with E-state index in [1.807, 2.05) is 0 Å². The van der Waals surface area contributed by atoms with Gasteiger partial charge in [0.15, 0.2) is 0 Å². The summed E-state index contributed by atoms with van der Waals surface area (Å²) in [4.78, 5) is 0. The molecule has 0 bridgehead atoms. The number of hydrogen-bond donors (Lipinski definition) is 1. The monoisotopic (exact) mass is 183 g/mol. The molecule has 0 amide bonds. The van der Waals surface area contributed by atoms with Gasteiger partial charge in [-0.25, -0.2) is 0 Å². The van der Waals surface area contributed by atoms with Crippen LogP contribution in [0.15, 0.2) is 0 Å². The Balaban J connectivity index is 4.22. The van der Waals surface area contributed by atoms with E-state index in [4.69, 9.17) is 11.2 Å². The maximum Gasteiger partial charge on any atom is 0.0756 e. The first-order valence-electron chi connectivity index (χ1n) is 4.87. The van der Waals surface area contributed by atoms with E-state index in [0.717, 1.165) is 13.0 Å². The Hall–Kier alpha value is -0.520. The number of terminal acetylenes is 1. The minimum absolute atomic E-state index is 0.205. The average Bonchev–Trinajstić information content (AvgIpc) is 2.05. The molecule has 76 valence electrons. The Morgan fingerprint density at radius 1 is 1.46 bits per heavy atom. The van der Waals surface area contributed by atoms with Gasteiger partial charge in [-0.2, -0.15) is 0 Å². The fraction of sp³-hybridized carbons (Fsp3) is 0.818. The summed E-state index contributed by atoms with van der Waals surface area (Å²) in [6, 6.07) is 0.278. The Labute approximate surface area is 82.1 Å².